The lowest BCUT2D eigenvalue weighted by atomic mass is 10.1. The van der Waals surface area contributed by atoms with Crippen LogP contribution in [0.15, 0.2) is 52.0 Å². The SMILES string of the molecule is C=CCOc1c(Br)cc(/C=C2/C(=O)NC(=S)N(CC=C)C2=O)cc1Br. The lowest BCUT2D eigenvalue weighted by Crippen LogP contribution is -2.53. The highest BCUT2D eigenvalue weighted by molar-refractivity contribution is 9.11. The number of hydrogen-bond acceptors (Lipinski definition) is 4. The summed E-state index contributed by atoms with van der Waals surface area (Å²) in [5.41, 5.74) is 0.642. The largest absolute Gasteiger partial charge is 0.487 e. The fourth-order valence-electron chi connectivity index (χ4n) is 2.10. The van der Waals surface area contributed by atoms with Gasteiger partial charge in [-0.25, -0.2) is 0 Å². The highest BCUT2D eigenvalue weighted by atomic mass is 79.9. The van der Waals surface area contributed by atoms with Crippen LogP contribution in [-0.4, -0.2) is 35.0 Å². The maximum Gasteiger partial charge on any atom is 0.265 e. The molecule has 1 saturated heterocycles. The standard InChI is InChI=1S/C17H14Br2N2O3S/c1-3-5-21-16(23)11(15(22)20-17(21)25)7-10-8-12(18)14(13(19)9-10)24-6-4-2/h3-4,7-9H,1-2,5-6H2,(H,20,22,25)/b11-7-. The van der Waals surface area contributed by atoms with E-state index >= 15 is 0 Å². The molecule has 1 fully saturated rings. The second kappa shape index (κ2) is 8.55. The van der Waals surface area contributed by atoms with E-state index in [0.717, 1.165) is 0 Å². The van der Waals surface area contributed by atoms with Crippen LogP contribution in [0.4, 0.5) is 0 Å². The summed E-state index contributed by atoms with van der Waals surface area (Å²) in [7, 11) is 0. The average molecular weight is 486 g/mol. The molecule has 130 valence electrons. The first-order valence-electron chi connectivity index (χ1n) is 7.11. The molecule has 0 spiro atoms. The van der Waals surface area contributed by atoms with Gasteiger partial charge < -0.3 is 4.74 Å². The predicted molar refractivity (Wildman–Crippen MR) is 108 cm³/mol. The average Bonchev–Trinajstić information content (AvgIpc) is 2.55. The minimum atomic E-state index is -0.533. The fraction of sp³-hybridized carbons (Fsp3) is 0.118. The van der Waals surface area contributed by atoms with Crippen molar-refractivity contribution in [2.24, 2.45) is 0 Å². The number of halogens is 2. The van der Waals surface area contributed by atoms with Gasteiger partial charge in [0.15, 0.2) is 5.11 Å². The summed E-state index contributed by atoms with van der Waals surface area (Å²) in [4.78, 5) is 25.9. The van der Waals surface area contributed by atoms with E-state index in [2.05, 4.69) is 50.3 Å². The van der Waals surface area contributed by atoms with Crippen molar-refractivity contribution in [3.05, 3.63) is 57.5 Å². The molecule has 1 aromatic rings. The highest BCUT2D eigenvalue weighted by Gasteiger charge is 2.32. The van der Waals surface area contributed by atoms with E-state index in [1.165, 1.54) is 17.1 Å². The highest BCUT2D eigenvalue weighted by Crippen LogP contribution is 2.35. The Kier molecular flexibility index (Phi) is 6.69. The molecule has 0 aliphatic carbocycles. The minimum Gasteiger partial charge on any atom is -0.487 e. The summed E-state index contributed by atoms with van der Waals surface area (Å²) in [5.74, 6) is -0.390. The van der Waals surface area contributed by atoms with Crippen molar-refractivity contribution in [2.75, 3.05) is 13.2 Å². The van der Waals surface area contributed by atoms with Crippen LogP contribution < -0.4 is 10.1 Å². The van der Waals surface area contributed by atoms with Crippen molar-refractivity contribution < 1.29 is 14.3 Å². The first-order chi connectivity index (χ1) is 11.9. The quantitative estimate of drug-likeness (QED) is 0.289. The number of carbonyl (C=O) groups is 2. The molecule has 1 aromatic carbocycles. The van der Waals surface area contributed by atoms with Gasteiger partial charge in [0.05, 0.1) is 8.95 Å². The van der Waals surface area contributed by atoms with Crippen LogP contribution in [-0.2, 0) is 9.59 Å². The molecule has 0 unspecified atom stereocenters. The van der Waals surface area contributed by atoms with Crippen LogP contribution in [0.5, 0.6) is 5.75 Å². The van der Waals surface area contributed by atoms with Crippen LogP contribution >= 0.6 is 44.1 Å². The number of rotatable bonds is 6. The summed E-state index contributed by atoms with van der Waals surface area (Å²) in [6.45, 7) is 7.77. The number of thiocarbonyl (C=S) groups is 1. The van der Waals surface area contributed by atoms with Gasteiger partial charge in [-0.2, -0.15) is 0 Å². The van der Waals surface area contributed by atoms with E-state index in [-0.39, 0.29) is 17.2 Å². The Balaban J connectivity index is 2.39. The molecular formula is C17H14Br2N2O3S. The zero-order valence-electron chi connectivity index (χ0n) is 13.1. The molecule has 2 amide bonds. The molecule has 1 aliphatic heterocycles. The summed E-state index contributed by atoms with van der Waals surface area (Å²) < 4.78 is 6.91. The van der Waals surface area contributed by atoms with Gasteiger partial charge in [-0.3, -0.25) is 19.8 Å². The molecule has 2 rings (SSSR count). The smallest absolute Gasteiger partial charge is 0.265 e. The monoisotopic (exact) mass is 484 g/mol. The van der Waals surface area contributed by atoms with Crippen LogP contribution in [0, 0.1) is 0 Å². The van der Waals surface area contributed by atoms with Crippen molar-refractivity contribution in [3.63, 3.8) is 0 Å². The molecule has 1 heterocycles. The van der Waals surface area contributed by atoms with E-state index in [9.17, 15) is 9.59 Å². The number of nitrogens with one attached hydrogen (secondary N) is 1. The lowest BCUT2D eigenvalue weighted by Gasteiger charge is -2.27. The number of hydrogen-bond donors (Lipinski definition) is 1. The maximum absolute atomic E-state index is 12.5. The normalized spacial score (nSPS) is 16.0. The van der Waals surface area contributed by atoms with Gasteiger partial charge in [-0.05, 0) is 67.8 Å². The zero-order chi connectivity index (χ0) is 18.6. The second-order valence-corrected chi connectivity index (χ2v) is 7.03. The molecule has 0 aromatic heterocycles. The lowest BCUT2D eigenvalue weighted by molar-refractivity contribution is -0.128. The fourth-order valence-corrected chi connectivity index (χ4v) is 3.80. The molecular weight excluding hydrogens is 472 g/mol. The number of ether oxygens (including phenoxy) is 1. The van der Waals surface area contributed by atoms with Gasteiger partial charge in [-0.1, -0.05) is 18.7 Å². The molecule has 0 saturated carbocycles. The summed E-state index contributed by atoms with van der Waals surface area (Å²) >= 11 is 11.9. The van der Waals surface area contributed by atoms with Crippen molar-refractivity contribution >= 4 is 67.1 Å². The van der Waals surface area contributed by atoms with Gasteiger partial charge in [0.1, 0.15) is 17.9 Å². The molecule has 8 heteroatoms. The van der Waals surface area contributed by atoms with E-state index in [1.54, 1.807) is 18.2 Å². The van der Waals surface area contributed by atoms with Gasteiger partial charge in [-0.15, -0.1) is 6.58 Å². The number of amides is 2. The topological polar surface area (TPSA) is 58.6 Å². The molecule has 0 atom stereocenters. The second-order valence-electron chi connectivity index (χ2n) is 4.94. The van der Waals surface area contributed by atoms with E-state index in [0.29, 0.717) is 26.9 Å². The van der Waals surface area contributed by atoms with Gasteiger partial charge in [0, 0.05) is 6.54 Å². The first-order valence-corrected chi connectivity index (χ1v) is 9.11. The van der Waals surface area contributed by atoms with Crippen molar-refractivity contribution in [1.29, 1.82) is 0 Å². The molecule has 1 N–H and O–H groups in total. The number of nitrogens with zero attached hydrogens (tertiary/aromatic N) is 1. The Morgan fingerprint density at radius 1 is 1.20 bits per heavy atom. The number of benzene rings is 1. The molecule has 5 nitrogen and oxygen atoms in total. The van der Waals surface area contributed by atoms with Gasteiger partial charge >= 0.3 is 0 Å². The first kappa shape index (κ1) is 19.6. The summed E-state index contributed by atoms with van der Waals surface area (Å²) in [5, 5.41) is 2.58. The van der Waals surface area contributed by atoms with Crippen LogP contribution in [0.2, 0.25) is 0 Å². The molecule has 1 aliphatic rings. The number of carbonyl (C=O) groups excluding carboxylic acids is 2. The van der Waals surface area contributed by atoms with Gasteiger partial charge in [0.25, 0.3) is 11.8 Å². The van der Waals surface area contributed by atoms with Gasteiger partial charge in [0.2, 0.25) is 0 Å². The Labute approximate surface area is 167 Å². The Bertz CT molecular complexity index is 782. The van der Waals surface area contributed by atoms with E-state index in [4.69, 9.17) is 17.0 Å². The molecule has 0 bridgehead atoms. The predicted octanol–water partition coefficient (Wildman–Crippen LogP) is 3.59. The van der Waals surface area contributed by atoms with Crippen molar-refractivity contribution in [1.82, 2.24) is 10.2 Å². The molecule has 25 heavy (non-hydrogen) atoms. The van der Waals surface area contributed by atoms with Crippen LogP contribution in [0.3, 0.4) is 0 Å². The Hall–Kier alpha value is -1.77. The molecule has 0 radical (unpaired) electrons. The van der Waals surface area contributed by atoms with E-state index in [1.807, 2.05) is 0 Å². The minimum absolute atomic E-state index is 0.00555. The Morgan fingerprint density at radius 3 is 2.40 bits per heavy atom. The third-order valence-electron chi connectivity index (χ3n) is 3.17. The van der Waals surface area contributed by atoms with Crippen molar-refractivity contribution in [2.45, 2.75) is 0 Å². The van der Waals surface area contributed by atoms with Crippen LogP contribution in [0.1, 0.15) is 5.56 Å². The summed E-state index contributed by atoms with van der Waals surface area (Å²) in [6.07, 6.45) is 4.68. The zero-order valence-corrected chi connectivity index (χ0v) is 17.0. The van der Waals surface area contributed by atoms with Crippen LogP contribution in [0.25, 0.3) is 6.08 Å². The third-order valence-corrected chi connectivity index (χ3v) is 4.68. The third kappa shape index (κ3) is 4.45. The summed E-state index contributed by atoms with van der Waals surface area (Å²) in [6, 6.07) is 3.50. The Morgan fingerprint density at radius 2 is 1.84 bits per heavy atom. The maximum atomic E-state index is 12.5. The van der Waals surface area contributed by atoms with E-state index < -0.39 is 11.8 Å². The van der Waals surface area contributed by atoms with Crippen molar-refractivity contribution in [3.8, 4) is 5.75 Å².